The highest BCUT2D eigenvalue weighted by atomic mass is 15.3. The molecule has 2 aromatic heterocycles. The van der Waals surface area contributed by atoms with E-state index in [9.17, 15) is 0 Å². The first kappa shape index (κ1) is 10.5. The Bertz CT molecular complexity index is 760. The molecule has 3 heteroatoms. The van der Waals surface area contributed by atoms with Gasteiger partial charge in [0.2, 0.25) is 0 Å². The fourth-order valence-corrected chi connectivity index (χ4v) is 1.76. The van der Waals surface area contributed by atoms with Crippen LogP contribution in [0.1, 0.15) is 16.7 Å². The molecule has 0 unspecified atom stereocenters. The molecular formula is C15H11N3. The summed E-state index contributed by atoms with van der Waals surface area (Å²) in [5.41, 5.74) is 3.99. The maximum absolute atomic E-state index is 4.09. The van der Waals surface area contributed by atoms with Gasteiger partial charge >= 0.3 is 0 Å². The molecule has 1 aromatic carbocycles. The zero-order valence-corrected chi connectivity index (χ0v) is 9.96. The second-order valence-corrected chi connectivity index (χ2v) is 4.10. The van der Waals surface area contributed by atoms with Crippen LogP contribution in [0.3, 0.4) is 0 Å². The van der Waals surface area contributed by atoms with Gasteiger partial charge in [-0.2, -0.15) is 5.10 Å². The molecule has 0 fully saturated rings. The average molecular weight is 233 g/mol. The van der Waals surface area contributed by atoms with E-state index in [2.05, 4.69) is 41.0 Å². The highest BCUT2D eigenvalue weighted by Crippen LogP contribution is 2.04. The number of nitrogens with zero attached hydrogens (tertiary/aromatic N) is 3. The second-order valence-electron chi connectivity index (χ2n) is 4.10. The van der Waals surface area contributed by atoms with E-state index in [4.69, 9.17) is 0 Å². The van der Waals surface area contributed by atoms with Crippen LogP contribution < -0.4 is 0 Å². The number of pyridine rings is 1. The molecule has 0 saturated carbocycles. The van der Waals surface area contributed by atoms with E-state index >= 15 is 0 Å². The monoisotopic (exact) mass is 233 g/mol. The van der Waals surface area contributed by atoms with Crippen molar-refractivity contribution < 1.29 is 0 Å². The lowest BCUT2D eigenvalue weighted by molar-refractivity contribution is 0.958. The molecular weight excluding hydrogens is 222 g/mol. The molecule has 0 aliphatic heterocycles. The maximum Gasteiger partial charge on any atom is 0.155 e. The van der Waals surface area contributed by atoms with Gasteiger partial charge in [-0.1, -0.05) is 24.0 Å². The summed E-state index contributed by atoms with van der Waals surface area (Å²) in [6.07, 6.45) is 3.41. The predicted molar refractivity (Wildman–Crippen MR) is 70.1 cm³/mol. The summed E-state index contributed by atoms with van der Waals surface area (Å²) < 4.78 is 1.72. The second kappa shape index (κ2) is 4.34. The molecule has 3 rings (SSSR count). The first-order valence-corrected chi connectivity index (χ1v) is 5.69. The van der Waals surface area contributed by atoms with Crippen molar-refractivity contribution in [2.75, 3.05) is 0 Å². The van der Waals surface area contributed by atoms with Crippen molar-refractivity contribution in [2.24, 2.45) is 0 Å². The molecule has 0 N–H and O–H groups in total. The molecule has 3 aromatic rings. The Morgan fingerprint density at radius 3 is 2.83 bits per heavy atom. The molecule has 0 atom stereocenters. The van der Waals surface area contributed by atoms with Crippen LogP contribution in [0.4, 0.5) is 0 Å². The third kappa shape index (κ3) is 2.09. The van der Waals surface area contributed by atoms with E-state index in [0.717, 1.165) is 16.8 Å². The quantitative estimate of drug-likeness (QED) is 0.558. The summed E-state index contributed by atoms with van der Waals surface area (Å²) >= 11 is 0. The van der Waals surface area contributed by atoms with Crippen LogP contribution in [0.25, 0.3) is 5.65 Å². The summed E-state index contributed by atoms with van der Waals surface area (Å²) in [5.74, 6) is 6.28. The standard InChI is InChI=1S/C15H11N3/c1-12-3-2-4-13(9-12)5-6-14-7-8-15-16-11-17-18(15)10-14/h2-4,7-11H,1H3. The van der Waals surface area contributed by atoms with E-state index in [1.54, 1.807) is 4.52 Å². The number of aromatic nitrogens is 3. The van der Waals surface area contributed by atoms with Crippen molar-refractivity contribution in [1.29, 1.82) is 0 Å². The molecule has 86 valence electrons. The van der Waals surface area contributed by atoms with Crippen LogP contribution in [0.2, 0.25) is 0 Å². The lowest BCUT2D eigenvalue weighted by atomic mass is 10.1. The van der Waals surface area contributed by atoms with Gasteiger partial charge in [-0.15, -0.1) is 0 Å². The van der Waals surface area contributed by atoms with Gasteiger partial charge in [-0.3, -0.25) is 0 Å². The normalized spacial score (nSPS) is 10.1. The lowest BCUT2D eigenvalue weighted by Gasteiger charge is -1.94. The minimum atomic E-state index is 0.830. The molecule has 0 bridgehead atoms. The Morgan fingerprint density at radius 1 is 1.06 bits per heavy atom. The van der Waals surface area contributed by atoms with E-state index in [0.29, 0.717) is 0 Å². The van der Waals surface area contributed by atoms with Gasteiger partial charge in [0.05, 0.1) is 0 Å². The number of benzene rings is 1. The molecule has 0 radical (unpaired) electrons. The van der Waals surface area contributed by atoms with Crippen molar-refractivity contribution in [3.63, 3.8) is 0 Å². The number of hydrogen-bond donors (Lipinski definition) is 0. The van der Waals surface area contributed by atoms with Gasteiger partial charge in [0, 0.05) is 17.3 Å². The molecule has 0 amide bonds. The van der Waals surface area contributed by atoms with Crippen LogP contribution in [-0.2, 0) is 0 Å². The maximum atomic E-state index is 4.09. The molecule has 3 nitrogen and oxygen atoms in total. The first-order valence-electron chi connectivity index (χ1n) is 5.69. The smallest absolute Gasteiger partial charge is 0.155 e. The lowest BCUT2D eigenvalue weighted by Crippen LogP contribution is -1.88. The summed E-state index contributed by atoms with van der Waals surface area (Å²) in [6.45, 7) is 2.06. The third-order valence-corrected chi connectivity index (χ3v) is 2.64. The van der Waals surface area contributed by atoms with Gasteiger partial charge in [-0.05, 0) is 36.8 Å². The first-order chi connectivity index (χ1) is 8.81. The summed E-state index contributed by atoms with van der Waals surface area (Å²) in [4.78, 5) is 4.09. The van der Waals surface area contributed by atoms with Gasteiger partial charge in [0.15, 0.2) is 5.65 Å². The van der Waals surface area contributed by atoms with Crippen molar-refractivity contribution in [2.45, 2.75) is 6.92 Å². The minimum Gasteiger partial charge on any atom is -0.220 e. The SMILES string of the molecule is Cc1cccc(C#Cc2ccc3ncnn3c2)c1. The number of fused-ring (bicyclic) bond motifs is 1. The van der Waals surface area contributed by atoms with Crippen LogP contribution in [0, 0.1) is 18.8 Å². The Hall–Kier alpha value is -2.60. The largest absolute Gasteiger partial charge is 0.220 e. The Balaban J connectivity index is 1.97. The van der Waals surface area contributed by atoms with Crippen molar-refractivity contribution in [1.82, 2.24) is 14.6 Å². The Morgan fingerprint density at radius 2 is 1.94 bits per heavy atom. The van der Waals surface area contributed by atoms with Gasteiger partial charge in [0.1, 0.15) is 6.33 Å². The fraction of sp³-hybridized carbons (Fsp3) is 0.0667. The van der Waals surface area contributed by atoms with Crippen LogP contribution in [0.15, 0.2) is 48.9 Å². The number of rotatable bonds is 0. The Labute approximate surface area is 105 Å². The number of hydrogen-bond acceptors (Lipinski definition) is 2. The Kier molecular flexibility index (Phi) is 2.54. The molecule has 18 heavy (non-hydrogen) atoms. The molecule has 0 aliphatic rings. The zero-order chi connectivity index (χ0) is 12.4. The predicted octanol–water partition coefficient (Wildman–Crippen LogP) is 2.44. The van der Waals surface area contributed by atoms with Crippen molar-refractivity contribution >= 4 is 5.65 Å². The highest BCUT2D eigenvalue weighted by molar-refractivity contribution is 5.46. The zero-order valence-electron chi connectivity index (χ0n) is 9.96. The minimum absolute atomic E-state index is 0.830. The van der Waals surface area contributed by atoms with Crippen LogP contribution in [0.5, 0.6) is 0 Å². The third-order valence-electron chi connectivity index (χ3n) is 2.64. The molecule has 0 saturated heterocycles. The van der Waals surface area contributed by atoms with E-state index in [1.807, 2.05) is 30.5 Å². The van der Waals surface area contributed by atoms with Crippen molar-refractivity contribution in [3.05, 3.63) is 65.6 Å². The van der Waals surface area contributed by atoms with E-state index in [1.165, 1.54) is 11.9 Å². The van der Waals surface area contributed by atoms with Crippen LogP contribution in [-0.4, -0.2) is 14.6 Å². The van der Waals surface area contributed by atoms with E-state index < -0.39 is 0 Å². The summed E-state index contributed by atoms with van der Waals surface area (Å²) in [5, 5.41) is 4.09. The molecule has 0 spiro atoms. The van der Waals surface area contributed by atoms with Crippen molar-refractivity contribution in [3.8, 4) is 11.8 Å². The summed E-state index contributed by atoms with van der Waals surface area (Å²) in [7, 11) is 0. The fourth-order valence-electron chi connectivity index (χ4n) is 1.76. The van der Waals surface area contributed by atoms with Gasteiger partial charge < -0.3 is 0 Å². The molecule has 0 aliphatic carbocycles. The number of aryl methyl sites for hydroxylation is 1. The average Bonchev–Trinajstić information content (AvgIpc) is 2.84. The summed E-state index contributed by atoms with van der Waals surface area (Å²) in [6, 6.07) is 12.0. The molecule has 2 heterocycles. The highest BCUT2D eigenvalue weighted by Gasteiger charge is 1.94. The topological polar surface area (TPSA) is 30.2 Å². The van der Waals surface area contributed by atoms with E-state index in [-0.39, 0.29) is 0 Å². The van der Waals surface area contributed by atoms with Gasteiger partial charge in [-0.25, -0.2) is 9.50 Å². The van der Waals surface area contributed by atoms with Gasteiger partial charge in [0.25, 0.3) is 0 Å². The van der Waals surface area contributed by atoms with Crippen LogP contribution >= 0.6 is 0 Å².